The Hall–Kier alpha value is -3.38. The number of aromatic carboxylic acids is 1. The summed E-state index contributed by atoms with van der Waals surface area (Å²) in [6.45, 7) is 6.24. The molecule has 0 atom stereocenters. The Balaban J connectivity index is 1.56. The number of ether oxygens (including phenoxy) is 1. The van der Waals surface area contributed by atoms with Crippen LogP contribution in [0.4, 0.5) is 0 Å². The van der Waals surface area contributed by atoms with E-state index in [0.717, 1.165) is 47.8 Å². The zero-order valence-corrected chi connectivity index (χ0v) is 19.7. The van der Waals surface area contributed by atoms with Crippen molar-refractivity contribution in [2.24, 2.45) is 5.92 Å². The molecule has 0 unspecified atom stereocenters. The summed E-state index contributed by atoms with van der Waals surface area (Å²) in [6, 6.07) is 13.1. The van der Waals surface area contributed by atoms with Gasteiger partial charge in [0.15, 0.2) is 5.76 Å². The van der Waals surface area contributed by atoms with Crippen molar-refractivity contribution >= 4 is 27.8 Å². The lowest BCUT2D eigenvalue weighted by Gasteiger charge is -2.32. The predicted octanol–water partition coefficient (Wildman–Crippen LogP) is 6.28. The summed E-state index contributed by atoms with van der Waals surface area (Å²) < 4.78 is 12.3. The summed E-state index contributed by atoms with van der Waals surface area (Å²) in [5.41, 5.74) is 3.18. The SMILES string of the molecule is Cc1c(-c2cc(C(=O)O)c3c(OC[C@H]4CC[C@](C)(O)CC4)ccc(C)c3n2)oc2ccccc12. The summed E-state index contributed by atoms with van der Waals surface area (Å²) in [4.78, 5) is 17.2. The van der Waals surface area contributed by atoms with Crippen LogP contribution in [0.5, 0.6) is 5.75 Å². The number of pyridine rings is 1. The fourth-order valence-electron chi connectivity index (χ4n) is 4.94. The molecule has 0 saturated heterocycles. The van der Waals surface area contributed by atoms with Crippen LogP contribution < -0.4 is 4.74 Å². The molecule has 0 bridgehead atoms. The van der Waals surface area contributed by atoms with Crippen molar-refractivity contribution < 1.29 is 24.2 Å². The number of hydrogen-bond donors (Lipinski definition) is 2. The summed E-state index contributed by atoms with van der Waals surface area (Å²) in [7, 11) is 0. The molecule has 2 N–H and O–H groups in total. The molecule has 0 spiro atoms. The van der Waals surface area contributed by atoms with Gasteiger partial charge in [-0.3, -0.25) is 0 Å². The first-order chi connectivity index (χ1) is 16.2. The largest absolute Gasteiger partial charge is 0.493 e. The van der Waals surface area contributed by atoms with E-state index >= 15 is 0 Å². The third kappa shape index (κ3) is 4.03. The van der Waals surface area contributed by atoms with Crippen LogP contribution in [0, 0.1) is 19.8 Å². The highest BCUT2D eigenvalue weighted by molar-refractivity contribution is 6.07. The zero-order valence-electron chi connectivity index (χ0n) is 19.7. The molecule has 1 aliphatic rings. The van der Waals surface area contributed by atoms with Crippen LogP contribution in [0.25, 0.3) is 33.3 Å². The quantitative estimate of drug-likeness (QED) is 0.365. The Morgan fingerprint density at radius 2 is 1.91 bits per heavy atom. The van der Waals surface area contributed by atoms with Gasteiger partial charge in [-0.05, 0) is 76.1 Å². The van der Waals surface area contributed by atoms with E-state index in [1.165, 1.54) is 0 Å². The molecule has 2 aromatic carbocycles. The van der Waals surface area contributed by atoms with Crippen molar-refractivity contribution in [2.75, 3.05) is 6.61 Å². The van der Waals surface area contributed by atoms with Gasteiger partial charge in [0.2, 0.25) is 0 Å². The Labute approximate surface area is 198 Å². The highest BCUT2D eigenvalue weighted by Crippen LogP contribution is 2.38. The summed E-state index contributed by atoms with van der Waals surface area (Å²) in [5.74, 6) is 0.392. The number of rotatable bonds is 5. The lowest BCUT2D eigenvalue weighted by atomic mass is 9.80. The number of fused-ring (bicyclic) bond motifs is 2. The van der Waals surface area contributed by atoms with Gasteiger partial charge in [-0.15, -0.1) is 0 Å². The number of aryl methyl sites for hydroxylation is 2. The molecule has 1 fully saturated rings. The lowest BCUT2D eigenvalue weighted by Crippen LogP contribution is -2.32. The number of nitrogens with zero attached hydrogens (tertiary/aromatic N) is 1. The molecule has 176 valence electrons. The number of furan rings is 1. The fraction of sp³-hybridized carbons (Fsp3) is 0.357. The molecule has 0 radical (unpaired) electrons. The van der Waals surface area contributed by atoms with Crippen molar-refractivity contribution in [1.29, 1.82) is 0 Å². The van der Waals surface area contributed by atoms with Crippen LogP contribution in [0.2, 0.25) is 0 Å². The first kappa shape index (κ1) is 22.4. The van der Waals surface area contributed by atoms with E-state index in [1.54, 1.807) is 6.07 Å². The number of carboxylic acid groups (broad SMARTS) is 1. The second-order valence-electron chi connectivity index (χ2n) is 9.77. The van der Waals surface area contributed by atoms with Crippen molar-refractivity contribution in [2.45, 2.75) is 52.1 Å². The van der Waals surface area contributed by atoms with Gasteiger partial charge in [-0.2, -0.15) is 0 Å². The van der Waals surface area contributed by atoms with E-state index in [4.69, 9.17) is 14.1 Å². The van der Waals surface area contributed by atoms with Crippen LogP contribution in [-0.4, -0.2) is 33.4 Å². The van der Waals surface area contributed by atoms with E-state index in [1.807, 2.05) is 57.2 Å². The Bertz CT molecular complexity index is 1390. The Morgan fingerprint density at radius 1 is 1.18 bits per heavy atom. The maximum absolute atomic E-state index is 12.4. The predicted molar refractivity (Wildman–Crippen MR) is 131 cm³/mol. The molecule has 6 nitrogen and oxygen atoms in total. The first-order valence-electron chi connectivity index (χ1n) is 11.7. The maximum atomic E-state index is 12.4. The van der Waals surface area contributed by atoms with Crippen LogP contribution >= 0.6 is 0 Å². The molecule has 34 heavy (non-hydrogen) atoms. The van der Waals surface area contributed by atoms with Gasteiger partial charge in [0, 0.05) is 10.9 Å². The van der Waals surface area contributed by atoms with E-state index in [0.29, 0.717) is 40.6 Å². The van der Waals surface area contributed by atoms with Crippen molar-refractivity contribution in [3.8, 4) is 17.2 Å². The fourth-order valence-corrected chi connectivity index (χ4v) is 4.94. The smallest absolute Gasteiger partial charge is 0.336 e. The molecule has 1 aliphatic carbocycles. The zero-order chi connectivity index (χ0) is 24.0. The highest BCUT2D eigenvalue weighted by atomic mass is 16.5. The Morgan fingerprint density at radius 3 is 2.62 bits per heavy atom. The normalized spacial score (nSPS) is 20.6. The minimum absolute atomic E-state index is 0.144. The van der Waals surface area contributed by atoms with Crippen molar-refractivity contribution in [3.05, 3.63) is 59.2 Å². The van der Waals surface area contributed by atoms with Gasteiger partial charge in [0.05, 0.1) is 28.7 Å². The molecule has 2 heterocycles. The van der Waals surface area contributed by atoms with E-state index in [2.05, 4.69) is 0 Å². The van der Waals surface area contributed by atoms with Gasteiger partial charge in [-0.1, -0.05) is 24.3 Å². The molecule has 2 aromatic heterocycles. The third-order valence-electron chi connectivity index (χ3n) is 7.09. The minimum Gasteiger partial charge on any atom is -0.493 e. The number of carboxylic acids is 1. The van der Waals surface area contributed by atoms with Crippen molar-refractivity contribution in [3.63, 3.8) is 0 Å². The molecule has 1 saturated carbocycles. The van der Waals surface area contributed by atoms with Gasteiger partial charge >= 0.3 is 5.97 Å². The van der Waals surface area contributed by atoms with Crippen LogP contribution in [-0.2, 0) is 0 Å². The molecular formula is C28H29NO5. The number of aliphatic hydroxyl groups is 1. The molecule has 4 aromatic rings. The highest BCUT2D eigenvalue weighted by Gasteiger charge is 2.29. The third-order valence-corrected chi connectivity index (χ3v) is 7.09. The van der Waals surface area contributed by atoms with Crippen LogP contribution in [0.15, 0.2) is 46.9 Å². The minimum atomic E-state index is -1.04. The molecule has 0 aliphatic heterocycles. The van der Waals surface area contributed by atoms with Crippen LogP contribution in [0.1, 0.15) is 54.1 Å². The monoisotopic (exact) mass is 459 g/mol. The molecule has 5 rings (SSSR count). The lowest BCUT2D eigenvalue weighted by molar-refractivity contribution is 0.00159. The summed E-state index contributed by atoms with van der Waals surface area (Å²) >= 11 is 0. The number of carbonyl (C=O) groups is 1. The molecule has 6 heteroatoms. The van der Waals surface area contributed by atoms with Gasteiger partial charge in [-0.25, -0.2) is 9.78 Å². The van der Waals surface area contributed by atoms with Gasteiger partial charge in [0.25, 0.3) is 0 Å². The van der Waals surface area contributed by atoms with Gasteiger partial charge < -0.3 is 19.4 Å². The van der Waals surface area contributed by atoms with Crippen LogP contribution in [0.3, 0.4) is 0 Å². The second kappa shape index (κ2) is 8.44. The van der Waals surface area contributed by atoms with Crippen molar-refractivity contribution in [1.82, 2.24) is 4.98 Å². The topological polar surface area (TPSA) is 92.8 Å². The van der Waals surface area contributed by atoms with E-state index in [-0.39, 0.29) is 5.56 Å². The average Bonchev–Trinajstić information content (AvgIpc) is 3.15. The number of para-hydroxylation sites is 1. The summed E-state index contributed by atoms with van der Waals surface area (Å²) in [5, 5.41) is 21.8. The van der Waals surface area contributed by atoms with E-state index < -0.39 is 11.6 Å². The number of hydrogen-bond acceptors (Lipinski definition) is 5. The first-order valence-corrected chi connectivity index (χ1v) is 11.7. The average molecular weight is 460 g/mol. The molecule has 0 amide bonds. The maximum Gasteiger partial charge on any atom is 0.336 e. The number of benzene rings is 2. The van der Waals surface area contributed by atoms with Gasteiger partial charge in [0.1, 0.15) is 17.0 Å². The summed E-state index contributed by atoms with van der Waals surface area (Å²) in [6.07, 6.45) is 3.27. The Kier molecular flexibility index (Phi) is 5.56. The standard InChI is InChI=1S/C28H29NO5/c1-16-8-9-23(33-15-18-10-12-28(3,32)13-11-18)24-20(27(30)31)14-21(29-25(16)24)26-17(2)19-6-4-5-7-22(19)34-26/h4-9,14,18,32H,10-13,15H2,1-3H3,(H,30,31)/t18-,28-. The second-order valence-corrected chi connectivity index (χ2v) is 9.77. The van der Waals surface area contributed by atoms with E-state index in [9.17, 15) is 15.0 Å². The number of aromatic nitrogens is 1. The molecular weight excluding hydrogens is 430 g/mol.